The van der Waals surface area contributed by atoms with Gasteiger partial charge in [0.25, 0.3) is 0 Å². The van der Waals surface area contributed by atoms with Gasteiger partial charge in [-0.05, 0) is 39.8 Å². The minimum Gasteiger partial charge on any atom is -0.458 e. The summed E-state index contributed by atoms with van der Waals surface area (Å²) in [7, 11) is 4.01. The summed E-state index contributed by atoms with van der Waals surface area (Å²) in [5, 5.41) is 12.4. The summed E-state index contributed by atoms with van der Waals surface area (Å²) < 4.78 is 5.59. The Morgan fingerprint density at radius 2 is 2.08 bits per heavy atom. The molecule has 1 unspecified atom stereocenters. The minimum absolute atomic E-state index is 0.165. The van der Waals surface area contributed by atoms with E-state index in [2.05, 4.69) is 20.4 Å². The second kappa shape index (κ2) is 7.14. The molecule has 8 heteroatoms. The summed E-state index contributed by atoms with van der Waals surface area (Å²) in [5.74, 6) is -0.849. The first-order valence-corrected chi connectivity index (χ1v) is 9.30. The van der Waals surface area contributed by atoms with E-state index in [1.165, 1.54) is 11.3 Å². The van der Waals surface area contributed by atoms with Crippen LogP contribution in [0.15, 0.2) is 0 Å². The number of carbonyl (C=O) groups is 2. The van der Waals surface area contributed by atoms with Crippen LogP contribution in [0.3, 0.4) is 0 Å². The minimum atomic E-state index is -0.599. The standard InChI is InChI=1S/C16H24N4O3S/c1-20(2)9-6-12-18-19-15(24-12)17-14(22)11-10-13(21)23-16(11)7-4-3-5-8-16/h11H,3-10H2,1-2H3,(H,17,19,22). The number of rotatable bonds is 5. The zero-order valence-corrected chi connectivity index (χ0v) is 15.0. The van der Waals surface area contributed by atoms with Crippen molar-refractivity contribution in [3.8, 4) is 0 Å². The van der Waals surface area contributed by atoms with Gasteiger partial charge in [-0.25, -0.2) is 0 Å². The van der Waals surface area contributed by atoms with Crippen LogP contribution in [0.25, 0.3) is 0 Å². The molecule has 7 nitrogen and oxygen atoms in total. The second-order valence-electron chi connectivity index (χ2n) is 6.90. The zero-order valence-electron chi connectivity index (χ0n) is 14.2. The van der Waals surface area contributed by atoms with Gasteiger partial charge in [-0.3, -0.25) is 9.59 Å². The topological polar surface area (TPSA) is 84.4 Å². The molecule has 0 radical (unpaired) electrons. The molecule has 2 fully saturated rings. The highest BCUT2D eigenvalue weighted by Gasteiger charge is 2.52. The molecule has 1 amide bonds. The lowest BCUT2D eigenvalue weighted by Crippen LogP contribution is -2.43. The number of carbonyl (C=O) groups excluding carboxylic acids is 2. The Labute approximate surface area is 145 Å². The third-order valence-corrected chi connectivity index (χ3v) is 5.71. The summed E-state index contributed by atoms with van der Waals surface area (Å²) in [5.41, 5.74) is -0.599. The van der Waals surface area contributed by atoms with Gasteiger partial charge in [0.15, 0.2) is 0 Å². The van der Waals surface area contributed by atoms with E-state index >= 15 is 0 Å². The first-order chi connectivity index (χ1) is 11.5. The number of hydrogen-bond donors (Lipinski definition) is 1. The van der Waals surface area contributed by atoms with Crippen molar-refractivity contribution < 1.29 is 14.3 Å². The second-order valence-corrected chi connectivity index (χ2v) is 7.96. The number of anilines is 1. The van der Waals surface area contributed by atoms with Crippen molar-refractivity contribution in [2.24, 2.45) is 5.92 Å². The van der Waals surface area contributed by atoms with Crippen molar-refractivity contribution in [2.75, 3.05) is 26.0 Å². The Bertz CT molecular complexity index is 610. The molecule has 2 aliphatic rings. The lowest BCUT2D eigenvalue weighted by molar-refractivity contribution is -0.153. The molecule has 1 aromatic rings. The first-order valence-electron chi connectivity index (χ1n) is 8.48. The molecule has 0 aromatic carbocycles. The maximum atomic E-state index is 12.7. The largest absolute Gasteiger partial charge is 0.458 e. The summed E-state index contributed by atoms with van der Waals surface area (Å²) in [6.07, 6.45) is 5.67. The van der Waals surface area contributed by atoms with Crippen molar-refractivity contribution >= 4 is 28.3 Å². The van der Waals surface area contributed by atoms with Gasteiger partial charge < -0.3 is 15.0 Å². The van der Waals surface area contributed by atoms with E-state index in [1.807, 2.05) is 14.1 Å². The van der Waals surface area contributed by atoms with Crippen LogP contribution in [0.1, 0.15) is 43.5 Å². The van der Waals surface area contributed by atoms with E-state index in [1.54, 1.807) is 0 Å². The number of nitrogens with one attached hydrogen (secondary N) is 1. The molecular formula is C16H24N4O3S. The Hall–Kier alpha value is -1.54. The number of esters is 1. The van der Waals surface area contributed by atoms with Crippen LogP contribution in [-0.4, -0.2) is 53.2 Å². The fraction of sp³-hybridized carbons (Fsp3) is 0.750. The van der Waals surface area contributed by atoms with Gasteiger partial charge in [-0.1, -0.05) is 17.8 Å². The van der Waals surface area contributed by atoms with Crippen molar-refractivity contribution in [2.45, 2.75) is 50.5 Å². The molecule has 1 aromatic heterocycles. The maximum Gasteiger partial charge on any atom is 0.307 e. The number of hydrogen-bond acceptors (Lipinski definition) is 7. The highest BCUT2D eigenvalue weighted by atomic mass is 32.1. The lowest BCUT2D eigenvalue weighted by Gasteiger charge is -2.35. The van der Waals surface area contributed by atoms with E-state index in [9.17, 15) is 9.59 Å². The van der Waals surface area contributed by atoms with Gasteiger partial charge in [-0.15, -0.1) is 10.2 Å². The number of likely N-dealkylation sites (N-methyl/N-ethyl adjacent to an activating group) is 1. The Kier molecular flexibility index (Phi) is 5.15. The fourth-order valence-electron chi connectivity index (χ4n) is 3.54. The summed E-state index contributed by atoms with van der Waals surface area (Å²) in [4.78, 5) is 26.6. The van der Waals surface area contributed by atoms with Gasteiger partial charge in [0, 0.05) is 13.0 Å². The predicted molar refractivity (Wildman–Crippen MR) is 90.8 cm³/mol. The normalized spacial score (nSPS) is 22.8. The summed E-state index contributed by atoms with van der Waals surface area (Å²) in [6, 6.07) is 0. The maximum absolute atomic E-state index is 12.7. The average Bonchev–Trinajstić information content (AvgIpc) is 3.10. The van der Waals surface area contributed by atoms with Gasteiger partial charge in [-0.2, -0.15) is 0 Å². The molecule has 0 bridgehead atoms. The molecule has 1 saturated carbocycles. The molecule has 1 atom stereocenters. The quantitative estimate of drug-likeness (QED) is 0.814. The SMILES string of the molecule is CN(C)CCc1nnc(NC(=O)C2CC(=O)OC23CCCCC3)s1. The first kappa shape index (κ1) is 17.3. The monoisotopic (exact) mass is 352 g/mol. The third-order valence-electron chi connectivity index (χ3n) is 4.81. The molecule has 1 aliphatic carbocycles. The molecular weight excluding hydrogens is 328 g/mol. The molecule has 24 heavy (non-hydrogen) atoms. The van der Waals surface area contributed by atoms with Crippen molar-refractivity contribution in [3.63, 3.8) is 0 Å². The van der Waals surface area contributed by atoms with E-state index in [-0.39, 0.29) is 18.3 Å². The summed E-state index contributed by atoms with van der Waals surface area (Å²) >= 11 is 1.39. The Morgan fingerprint density at radius 1 is 1.33 bits per heavy atom. The van der Waals surface area contributed by atoms with Gasteiger partial charge in [0.05, 0.1) is 12.3 Å². The zero-order chi connectivity index (χ0) is 17.2. The molecule has 1 aliphatic heterocycles. The predicted octanol–water partition coefficient (Wildman–Crippen LogP) is 1.85. The van der Waals surface area contributed by atoms with Crippen LogP contribution >= 0.6 is 11.3 Å². The van der Waals surface area contributed by atoms with E-state index < -0.39 is 11.5 Å². The van der Waals surface area contributed by atoms with Crippen LogP contribution in [0.5, 0.6) is 0 Å². The van der Waals surface area contributed by atoms with Crippen LogP contribution in [-0.2, 0) is 20.7 Å². The molecule has 1 spiro atoms. The van der Waals surface area contributed by atoms with E-state index in [0.29, 0.717) is 5.13 Å². The number of aromatic nitrogens is 2. The lowest BCUT2D eigenvalue weighted by atomic mass is 9.75. The van der Waals surface area contributed by atoms with E-state index in [0.717, 1.165) is 50.1 Å². The third kappa shape index (κ3) is 3.75. The van der Waals surface area contributed by atoms with Gasteiger partial charge in [0.2, 0.25) is 11.0 Å². The highest BCUT2D eigenvalue weighted by Crippen LogP contribution is 2.44. The molecule has 1 N–H and O–H groups in total. The number of nitrogens with zero attached hydrogens (tertiary/aromatic N) is 3. The molecule has 2 heterocycles. The van der Waals surface area contributed by atoms with Crippen LogP contribution in [0.4, 0.5) is 5.13 Å². The van der Waals surface area contributed by atoms with Crippen molar-refractivity contribution in [1.29, 1.82) is 0 Å². The molecule has 3 rings (SSSR count). The van der Waals surface area contributed by atoms with Crippen molar-refractivity contribution in [1.82, 2.24) is 15.1 Å². The van der Waals surface area contributed by atoms with Crippen molar-refractivity contribution in [3.05, 3.63) is 5.01 Å². The smallest absolute Gasteiger partial charge is 0.307 e. The highest BCUT2D eigenvalue weighted by molar-refractivity contribution is 7.15. The van der Waals surface area contributed by atoms with E-state index in [4.69, 9.17) is 4.74 Å². The van der Waals surface area contributed by atoms with Gasteiger partial charge >= 0.3 is 5.97 Å². The number of ether oxygens (including phenoxy) is 1. The van der Waals surface area contributed by atoms with Crippen LogP contribution in [0.2, 0.25) is 0 Å². The van der Waals surface area contributed by atoms with Crippen LogP contribution < -0.4 is 5.32 Å². The number of amides is 1. The Morgan fingerprint density at radius 3 is 2.79 bits per heavy atom. The molecule has 132 valence electrons. The Balaban J connectivity index is 1.64. The van der Waals surface area contributed by atoms with Gasteiger partial charge in [0.1, 0.15) is 10.6 Å². The van der Waals surface area contributed by atoms with Crippen LogP contribution in [0, 0.1) is 5.92 Å². The summed E-state index contributed by atoms with van der Waals surface area (Å²) in [6.45, 7) is 0.886. The average molecular weight is 352 g/mol. The fourth-order valence-corrected chi connectivity index (χ4v) is 4.27. The molecule has 1 saturated heterocycles.